The first-order chi connectivity index (χ1) is 8.29. The van der Waals surface area contributed by atoms with Crippen molar-refractivity contribution in [1.82, 2.24) is 0 Å². The average Bonchev–Trinajstić information content (AvgIpc) is 2.26. The van der Waals surface area contributed by atoms with Crippen LogP contribution in [0.2, 0.25) is 0 Å². The summed E-state index contributed by atoms with van der Waals surface area (Å²) < 4.78 is 11.2. The molecule has 0 atom stereocenters. The Balaban J connectivity index is 2.43. The number of benzene rings is 1. The molecular weight excluding hydrogens is 298 g/mol. The molecule has 0 fully saturated rings. The van der Waals surface area contributed by atoms with Crippen molar-refractivity contribution < 1.29 is 14.3 Å². The maximum absolute atomic E-state index is 11.7. The summed E-state index contributed by atoms with van der Waals surface area (Å²) in [5.41, 5.74) is 6.46. The maximum atomic E-state index is 11.7. The molecule has 0 spiro atoms. The lowest BCUT2D eigenvalue weighted by Gasteiger charge is -2.19. The number of carbonyl (C=O) groups excluding carboxylic acids is 1. The van der Waals surface area contributed by atoms with Gasteiger partial charge < -0.3 is 15.2 Å². The van der Waals surface area contributed by atoms with Gasteiger partial charge in [0.15, 0.2) is 0 Å². The fraction of sp³-hybridized carbons (Fsp3) is 0.462. The molecule has 0 aromatic heterocycles. The molecule has 0 aliphatic heterocycles. The quantitative estimate of drug-likeness (QED) is 0.527. The third-order valence-corrected chi connectivity index (χ3v) is 2.77. The Morgan fingerprint density at radius 3 is 2.56 bits per heavy atom. The van der Waals surface area contributed by atoms with E-state index in [9.17, 15) is 4.79 Å². The van der Waals surface area contributed by atoms with Crippen LogP contribution in [0.1, 0.15) is 31.1 Å². The van der Waals surface area contributed by atoms with Gasteiger partial charge in [-0.1, -0.05) is 0 Å². The topological polar surface area (TPSA) is 61.5 Å². The molecule has 1 aromatic rings. The molecule has 0 radical (unpaired) electrons. The molecule has 0 bridgehead atoms. The summed E-state index contributed by atoms with van der Waals surface area (Å²) in [6.07, 6.45) is 0. The third kappa shape index (κ3) is 5.06. The highest BCUT2D eigenvalue weighted by Gasteiger charge is 2.12. The van der Waals surface area contributed by atoms with E-state index < -0.39 is 0 Å². The smallest absolute Gasteiger partial charge is 0.338 e. The van der Waals surface area contributed by atoms with Crippen LogP contribution in [0.5, 0.6) is 0 Å². The van der Waals surface area contributed by atoms with Gasteiger partial charge in [-0.25, -0.2) is 4.79 Å². The van der Waals surface area contributed by atoms with Gasteiger partial charge in [0.25, 0.3) is 0 Å². The second kappa shape index (κ2) is 6.20. The van der Waals surface area contributed by atoms with Crippen LogP contribution in [0.15, 0.2) is 22.7 Å². The van der Waals surface area contributed by atoms with Crippen molar-refractivity contribution >= 4 is 27.6 Å². The molecule has 0 aliphatic carbocycles. The molecule has 1 aromatic carbocycles. The van der Waals surface area contributed by atoms with Gasteiger partial charge >= 0.3 is 5.97 Å². The lowest BCUT2D eigenvalue weighted by Crippen LogP contribution is -2.22. The summed E-state index contributed by atoms with van der Waals surface area (Å²) in [7, 11) is 0. The van der Waals surface area contributed by atoms with Crippen LogP contribution in [-0.2, 0) is 9.47 Å². The number of nitrogens with two attached hydrogens (primary N) is 1. The molecule has 0 aliphatic rings. The number of halogens is 1. The van der Waals surface area contributed by atoms with E-state index >= 15 is 0 Å². The van der Waals surface area contributed by atoms with Crippen LogP contribution in [0.25, 0.3) is 0 Å². The van der Waals surface area contributed by atoms with Crippen molar-refractivity contribution in [2.45, 2.75) is 26.4 Å². The minimum atomic E-state index is -0.381. The summed E-state index contributed by atoms with van der Waals surface area (Å²) in [4.78, 5) is 11.7. The van der Waals surface area contributed by atoms with Crippen LogP contribution >= 0.6 is 15.9 Å². The number of carbonyl (C=O) groups is 1. The molecule has 0 heterocycles. The normalized spacial score (nSPS) is 11.3. The number of hydrogen-bond donors (Lipinski definition) is 1. The van der Waals surface area contributed by atoms with Gasteiger partial charge in [-0.3, -0.25) is 0 Å². The average molecular weight is 316 g/mol. The van der Waals surface area contributed by atoms with Crippen LogP contribution in [0, 0.1) is 0 Å². The Morgan fingerprint density at radius 1 is 1.33 bits per heavy atom. The van der Waals surface area contributed by atoms with E-state index in [2.05, 4.69) is 15.9 Å². The van der Waals surface area contributed by atoms with Gasteiger partial charge in [-0.2, -0.15) is 0 Å². The first-order valence-electron chi connectivity index (χ1n) is 5.66. The number of esters is 1. The monoisotopic (exact) mass is 315 g/mol. The molecular formula is C13H18BrNO3. The zero-order chi connectivity index (χ0) is 13.8. The minimum Gasteiger partial charge on any atom is -0.460 e. The molecule has 100 valence electrons. The van der Waals surface area contributed by atoms with Gasteiger partial charge in [-0.15, -0.1) is 0 Å². The summed E-state index contributed by atoms with van der Waals surface area (Å²) in [5.74, 6) is -0.381. The van der Waals surface area contributed by atoms with E-state index in [0.29, 0.717) is 22.3 Å². The summed E-state index contributed by atoms with van der Waals surface area (Å²) in [5, 5.41) is 0. The number of rotatable bonds is 4. The second-order valence-electron chi connectivity index (χ2n) is 4.83. The molecule has 0 saturated carbocycles. The van der Waals surface area contributed by atoms with Crippen LogP contribution in [-0.4, -0.2) is 24.8 Å². The molecule has 4 nitrogen and oxygen atoms in total. The van der Waals surface area contributed by atoms with Crippen LogP contribution < -0.4 is 5.73 Å². The van der Waals surface area contributed by atoms with Crippen molar-refractivity contribution in [3.8, 4) is 0 Å². The number of hydrogen-bond acceptors (Lipinski definition) is 4. The zero-order valence-corrected chi connectivity index (χ0v) is 12.4. The Labute approximate surface area is 116 Å². The van der Waals surface area contributed by atoms with E-state index in [0.717, 1.165) is 0 Å². The molecule has 5 heteroatoms. The highest BCUT2D eigenvalue weighted by molar-refractivity contribution is 9.10. The van der Waals surface area contributed by atoms with E-state index in [-0.39, 0.29) is 18.2 Å². The molecule has 1 rings (SSSR count). The van der Waals surface area contributed by atoms with Gasteiger partial charge in [0.1, 0.15) is 6.61 Å². The van der Waals surface area contributed by atoms with Crippen molar-refractivity contribution in [3.63, 3.8) is 0 Å². The Kier molecular flexibility index (Phi) is 5.16. The highest BCUT2D eigenvalue weighted by atomic mass is 79.9. The molecule has 2 N–H and O–H groups in total. The Hall–Kier alpha value is -1.07. The van der Waals surface area contributed by atoms with Gasteiger partial charge in [-0.05, 0) is 54.9 Å². The van der Waals surface area contributed by atoms with Gasteiger partial charge in [0, 0.05) is 10.2 Å². The first-order valence-corrected chi connectivity index (χ1v) is 6.45. The fourth-order valence-corrected chi connectivity index (χ4v) is 1.60. The predicted molar refractivity (Wildman–Crippen MR) is 74.5 cm³/mol. The summed E-state index contributed by atoms with van der Waals surface area (Å²) in [6.45, 7) is 6.47. The number of ether oxygens (including phenoxy) is 2. The summed E-state index contributed by atoms with van der Waals surface area (Å²) >= 11 is 3.26. The van der Waals surface area contributed by atoms with Crippen molar-refractivity contribution in [3.05, 3.63) is 28.2 Å². The van der Waals surface area contributed by atoms with Crippen molar-refractivity contribution in [2.75, 3.05) is 18.9 Å². The Bertz CT molecular complexity index is 427. The summed E-state index contributed by atoms with van der Waals surface area (Å²) in [6, 6.07) is 4.93. The van der Waals surface area contributed by atoms with Gasteiger partial charge in [0.2, 0.25) is 0 Å². The SMILES string of the molecule is CC(C)(C)OCCOC(=O)c1ccc(N)c(Br)c1. The molecule has 0 amide bonds. The van der Waals surface area contributed by atoms with Crippen LogP contribution in [0.3, 0.4) is 0 Å². The lowest BCUT2D eigenvalue weighted by molar-refractivity contribution is -0.0281. The fourth-order valence-electron chi connectivity index (χ4n) is 1.22. The zero-order valence-electron chi connectivity index (χ0n) is 10.8. The van der Waals surface area contributed by atoms with E-state index in [1.165, 1.54) is 0 Å². The molecule has 0 saturated heterocycles. The van der Waals surface area contributed by atoms with E-state index in [1.54, 1.807) is 18.2 Å². The maximum Gasteiger partial charge on any atom is 0.338 e. The van der Waals surface area contributed by atoms with Crippen molar-refractivity contribution in [2.24, 2.45) is 0 Å². The molecule has 18 heavy (non-hydrogen) atoms. The standard InChI is InChI=1S/C13H18BrNO3/c1-13(2,3)18-7-6-17-12(16)9-4-5-11(15)10(14)8-9/h4-5,8H,6-7,15H2,1-3H3. The van der Waals surface area contributed by atoms with Gasteiger partial charge in [0.05, 0.1) is 17.8 Å². The molecule has 0 unspecified atom stereocenters. The number of nitrogen functional groups attached to an aromatic ring is 1. The lowest BCUT2D eigenvalue weighted by atomic mass is 10.2. The second-order valence-corrected chi connectivity index (χ2v) is 5.69. The van der Waals surface area contributed by atoms with E-state index in [1.807, 2.05) is 20.8 Å². The third-order valence-electron chi connectivity index (χ3n) is 2.09. The van der Waals surface area contributed by atoms with E-state index in [4.69, 9.17) is 15.2 Å². The van der Waals surface area contributed by atoms with Crippen molar-refractivity contribution in [1.29, 1.82) is 0 Å². The highest BCUT2D eigenvalue weighted by Crippen LogP contribution is 2.20. The minimum absolute atomic E-state index is 0.226. The first kappa shape index (κ1) is 15.0. The number of anilines is 1. The largest absolute Gasteiger partial charge is 0.460 e. The Morgan fingerprint density at radius 2 is 2.00 bits per heavy atom. The predicted octanol–water partition coefficient (Wildman–Crippen LogP) is 3.00. The van der Waals surface area contributed by atoms with Crippen LogP contribution in [0.4, 0.5) is 5.69 Å².